The molecule has 0 aromatic heterocycles. The number of unbranched alkanes of at least 4 members (excludes halogenated alkanes) is 2. The summed E-state index contributed by atoms with van der Waals surface area (Å²) in [5, 5.41) is 8.79. The summed E-state index contributed by atoms with van der Waals surface area (Å²) in [5.41, 5.74) is 0. The Bertz CT molecular complexity index is 296. The van der Waals surface area contributed by atoms with Crippen LogP contribution < -0.4 is 0 Å². The van der Waals surface area contributed by atoms with Gasteiger partial charge in [0.2, 0.25) is 0 Å². The van der Waals surface area contributed by atoms with E-state index in [9.17, 15) is 9.59 Å². The van der Waals surface area contributed by atoms with E-state index in [0.717, 1.165) is 38.8 Å². The molecule has 0 bridgehead atoms. The van der Waals surface area contributed by atoms with Gasteiger partial charge in [0.25, 0.3) is 0 Å². The third kappa shape index (κ3) is 12.6. The molecule has 0 saturated carbocycles. The fraction of sp³-hybridized carbons (Fsp3) is 0.875. The van der Waals surface area contributed by atoms with Crippen molar-refractivity contribution in [3.63, 3.8) is 0 Å². The molecule has 0 unspecified atom stereocenters. The first-order chi connectivity index (χ1) is 10.6. The number of hydrogen-bond acceptors (Lipinski definition) is 6. The standard InChI is InChI=1S/C16H31NO5/c1-3-15(19)21-13-6-5-7-14-22-16(20)9-11-17(4-2)10-8-12-18/h18H,3-14H2,1-2H3. The molecule has 0 aliphatic carbocycles. The normalized spacial score (nSPS) is 10.7. The Kier molecular flexibility index (Phi) is 14.0. The van der Waals surface area contributed by atoms with Crippen LogP contribution in [0.25, 0.3) is 0 Å². The van der Waals surface area contributed by atoms with Gasteiger partial charge in [-0.05, 0) is 32.2 Å². The van der Waals surface area contributed by atoms with Crippen molar-refractivity contribution in [1.29, 1.82) is 0 Å². The van der Waals surface area contributed by atoms with Gasteiger partial charge in [0.05, 0.1) is 19.6 Å². The van der Waals surface area contributed by atoms with Gasteiger partial charge in [-0.25, -0.2) is 0 Å². The van der Waals surface area contributed by atoms with E-state index >= 15 is 0 Å². The second-order valence-electron chi connectivity index (χ2n) is 5.12. The monoisotopic (exact) mass is 317 g/mol. The molecule has 0 rings (SSSR count). The van der Waals surface area contributed by atoms with Gasteiger partial charge in [-0.2, -0.15) is 0 Å². The zero-order valence-electron chi connectivity index (χ0n) is 14.0. The van der Waals surface area contributed by atoms with Crippen molar-refractivity contribution in [2.24, 2.45) is 0 Å². The highest BCUT2D eigenvalue weighted by Gasteiger charge is 2.07. The topological polar surface area (TPSA) is 76.1 Å². The highest BCUT2D eigenvalue weighted by atomic mass is 16.5. The summed E-state index contributed by atoms with van der Waals surface area (Å²) in [6.07, 6.45) is 3.98. The molecule has 0 radical (unpaired) electrons. The minimum atomic E-state index is -0.181. The third-order valence-electron chi connectivity index (χ3n) is 3.32. The number of aliphatic hydroxyl groups is 1. The molecule has 0 heterocycles. The molecule has 22 heavy (non-hydrogen) atoms. The van der Waals surface area contributed by atoms with Crippen molar-refractivity contribution in [2.45, 2.75) is 52.4 Å². The lowest BCUT2D eigenvalue weighted by Crippen LogP contribution is -2.28. The number of aliphatic hydroxyl groups excluding tert-OH is 1. The van der Waals surface area contributed by atoms with Gasteiger partial charge in [-0.3, -0.25) is 9.59 Å². The first-order valence-corrected chi connectivity index (χ1v) is 8.28. The zero-order chi connectivity index (χ0) is 16.6. The fourth-order valence-electron chi connectivity index (χ4n) is 1.90. The van der Waals surface area contributed by atoms with Crippen molar-refractivity contribution in [3.8, 4) is 0 Å². The molecule has 0 spiro atoms. The van der Waals surface area contributed by atoms with Gasteiger partial charge in [0.15, 0.2) is 0 Å². The molecule has 0 saturated heterocycles. The summed E-state index contributed by atoms with van der Waals surface area (Å²) in [7, 11) is 0. The summed E-state index contributed by atoms with van der Waals surface area (Å²) in [6.45, 7) is 7.18. The SMILES string of the molecule is CCC(=O)OCCCCCOC(=O)CCN(CC)CCCO. The van der Waals surface area contributed by atoms with E-state index in [1.54, 1.807) is 6.92 Å². The quantitative estimate of drug-likeness (QED) is 0.388. The Morgan fingerprint density at radius 2 is 1.55 bits per heavy atom. The number of nitrogens with zero attached hydrogens (tertiary/aromatic N) is 1. The Hall–Kier alpha value is -1.14. The Morgan fingerprint density at radius 1 is 0.909 bits per heavy atom. The van der Waals surface area contributed by atoms with Gasteiger partial charge in [-0.15, -0.1) is 0 Å². The lowest BCUT2D eigenvalue weighted by Gasteiger charge is -2.19. The molecule has 0 aliphatic heterocycles. The van der Waals surface area contributed by atoms with Crippen LogP contribution in [0.15, 0.2) is 0 Å². The number of ether oxygens (including phenoxy) is 2. The van der Waals surface area contributed by atoms with Gasteiger partial charge >= 0.3 is 11.9 Å². The van der Waals surface area contributed by atoms with Gasteiger partial charge in [0, 0.05) is 26.1 Å². The first-order valence-electron chi connectivity index (χ1n) is 8.28. The van der Waals surface area contributed by atoms with Crippen LogP contribution in [0.4, 0.5) is 0 Å². The molecule has 0 aliphatic rings. The smallest absolute Gasteiger partial charge is 0.307 e. The maximum absolute atomic E-state index is 11.6. The van der Waals surface area contributed by atoms with Crippen LogP contribution in [0, 0.1) is 0 Å². The van der Waals surface area contributed by atoms with Gasteiger partial charge in [-0.1, -0.05) is 13.8 Å². The van der Waals surface area contributed by atoms with Crippen LogP contribution >= 0.6 is 0 Å². The molecular formula is C16H31NO5. The van der Waals surface area contributed by atoms with E-state index in [1.165, 1.54) is 0 Å². The lowest BCUT2D eigenvalue weighted by atomic mass is 10.2. The van der Waals surface area contributed by atoms with Crippen LogP contribution in [0.1, 0.15) is 52.4 Å². The maximum Gasteiger partial charge on any atom is 0.307 e. The maximum atomic E-state index is 11.6. The third-order valence-corrected chi connectivity index (χ3v) is 3.32. The first kappa shape index (κ1) is 20.9. The van der Waals surface area contributed by atoms with Crippen LogP contribution in [0.2, 0.25) is 0 Å². The van der Waals surface area contributed by atoms with E-state index in [0.29, 0.717) is 32.6 Å². The van der Waals surface area contributed by atoms with Crippen molar-refractivity contribution < 1.29 is 24.2 Å². The van der Waals surface area contributed by atoms with Crippen molar-refractivity contribution >= 4 is 11.9 Å². The number of rotatable bonds is 14. The largest absolute Gasteiger partial charge is 0.466 e. The van der Waals surface area contributed by atoms with Crippen molar-refractivity contribution in [3.05, 3.63) is 0 Å². The average molecular weight is 317 g/mol. The summed E-state index contributed by atoms with van der Waals surface area (Å²) < 4.78 is 10.1. The minimum Gasteiger partial charge on any atom is -0.466 e. The Morgan fingerprint density at radius 3 is 2.09 bits per heavy atom. The van der Waals surface area contributed by atoms with Crippen LogP contribution in [0.3, 0.4) is 0 Å². The van der Waals surface area contributed by atoms with E-state index in [4.69, 9.17) is 14.6 Å². The van der Waals surface area contributed by atoms with Crippen molar-refractivity contribution in [1.82, 2.24) is 4.90 Å². The molecule has 1 N–H and O–H groups in total. The summed E-state index contributed by atoms with van der Waals surface area (Å²) in [6, 6.07) is 0. The molecule has 6 nitrogen and oxygen atoms in total. The Labute approximate surface area is 133 Å². The number of hydrogen-bond donors (Lipinski definition) is 1. The van der Waals surface area contributed by atoms with E-state index < -0.39 is 0 Å². The lowest BCUT2D eigenvalue weighted by molar-refractivity contribution is -0.144. The molecule has 0 atom stereocenters. The highest BCUT2D eigenvalue weighted by molar-refractivity contribution is 5.69. The van der Waals surface area contributed by atoms with Crippen molar-refractivity contribution in [2.75, 3.05) is 39.5 Å². The molecule has 0 aromatic rings. The molecular weight excluding hydrogens is 286 g/mol. The second-order valence-corrected chi connectivity index (χ2v) is 5.12. The van der Waals surface area contributed by atoms with Gasteiger partial charge < -0.3 is 19.5 Å². The van der Waals surface area contributed by atoms with Crippen LogP contribution in [0.5, 0.6) is 0 Å². The minimum absolute atomic E-state index is 0.173. The van der Waals surface area contributed by atoms with Crippen LogP contribution in [-0.4, -0.2) is 61.4 Å². The average Bonchev–Trinajstić information content (AvgIpc) is 2.53. The number of carbonyl (C=O) groups is 2. The summed E-state index contributed by atoms with van der Waals surface area (Å²) in [5.74, 6) is -0.354. The van der Waals surface area contributed by atoms with E-state index in [2.05, 4.69) is 4.90 Å². The summed E-state index contributed by atoms with van der Waals surface area (Å²) >= 11 is 0. The van der Waals surface area contributed by atoms with Crippen LogP contribution in [-0.2, 0) is 19.1 Å². The summed E-state index contributed by atoms with van der Waals surface area (Å²) in [4.78, 5) is 24.6. The second kappa shape index (κ2) is 14.8. The van der Waals surface area contributed by atoms with Gasteiger partial charge in [0.1, 0.15) is 0 Å². The predicted molar refractivity (Wildman–Crippen MR) is 84.5 cm³/mol. The number of esters is 2. The van der Waals surface area contributed by atoms with E-state index in [1.807, 2.05) is 6.92 Å². The molecule has 6 heteroatoms. The zero-order valence-corrected chi connectivity index (χ0v) is 14.0. The predicted octanol–water partition coefficient (Wildman–Crippen LogP) is 1.75. The molecule has 0 fully saturated rings. The molecule has 0 amide bonds. The fourth-order valence-corrected chi connectivity index (χ4v) is 1.90. The molecule has 0 aromatic carbocycles. The molecule has 130 valence electrons. The number of carbonyl (C=O) groups excluding carboxylic acids is 2. The Balaban J connectivity index is 3.47. The van der Waals surface area contributed by atoms with E-state index in [-0.39, 0.29) is 18.5 Å². The highest BCUT2D eigenvalue weighted by Crippen LogP contribution is 2.00.